The van der Waals surface area contributed by atoms with E-state index in [4.69, 9.17) is 21.1 Å². The number of imide groups is 1. The molecular formula is C18H14ClN5O4. The fraction of sp³-hybridized carbons (Fsp3) is 0.111. The summed E-state index contributed by atoms with van der Waals surface area (Å²) in [7, 11) is 1.51. The molecule has 2 heterocycles. The smallest absolute Gasteiger partial charge is 0.326 e. The van der Waals surface area contributed by atoms with Crippen LogP contribution in [0.5, 0.6) is 11.5 Å². The summed E-state index contributed by atoms with van der Waals surface area (Å²) in [6.45, 7) is 0.118. The number of amides is 3. The van der Waals surface area contributed by atoms with Crippen molar-refractivity contribution in [1.29, 1.82) is 0 Å². The third-order valence-corrected chi connectivity index (χ3v) is 4.27. The molecule has 1 aliphatic rings. The van der Waals surface area contributed by atoms with E-state index in [1.807, 2.05) is 6.07 Å². The van der Waals surface area contributed by atoms with Gasteiger partial charge in [0.15, 0.2) is 18.2 Å². The van der Waals surface area contributed by atoms with Gasteiger partial charge >= 0.3 is 6.03 Å². The normalized spacial score (nSPS) is 15.0. The van der Waals surface area contributed by atoms with E-state index in [-0.39, 0.29) is 12.4 Å². The van der Waals surface area contributed by atoms with Crippen molar-refractivity contribution < 1.29 is 19.1 Å². The molecule has 0 bridgehead atoms. The van der Waals surface area contributed by atoms with Gasteiger partial charge in [-0.15, -0.1) is 5.10 Å². The minimum atomic E-state index is -0.551. The van der Waals surface area contributed by atoms with E-state index in [2.05, 4.69) is 20.9 Å². The van der Waals surface area contributed by atoms with Crippen molar-refractivity contribution in [3.63, 3.8) is 0 Å². The average Bonchev–Trinajstić information content (AvgIpc) is 3.22. The second-order valence-electron chi connectivity index (χ2n) is 5.87. The minimum absolute atomic E-state index is 0.118. The molecule has 10 heteroatoms. The number of fused-ring (bicyclic) bond motifs is 1. The molecule has 9 nitrogen and oxygen atoms in total. The predicted molar refractivity (Wildman–Crippen MR) is 101 cm³/mol. The van der Waals surface area contributed by atoms with Crippen LogP contribution in [0.2, 0.25) is 5.02 Å². The van der Waals surface area contributed by atoms with E-state index in [0.29, 0.717) is 27.6 Å². The maximum atomic E-state index is 11.6. The van der Waals surface area contributed by atoms with Gasteiger partial charge in [-0.3, -0.25) is 10.1 Å². The van der Waals surface area contributed by atoms with Crippen LogP contribution >= 0.6 is 11.6 Å². The van der Waals surface area contributed by atoms with E-state index in [0.717, 1.165) is 5.52 Å². The number of nitrogens with zero attached hydrogens (tertiary/aromatic N) is 3. The lowest BCUT2D eigenvalue weighted by Gasteiger charge is -2.11. The van der Waals surface area contributed by atoms with Crippen molar-refractivity contribution in [2.24, 2.45) is 0 Å². The standard InChI is InChI=1S/C18H14ClN5O4/c1-27-16-7-10(6-13-17(25)21-18(26)20-13)2-5-15(16)28-9-24-14-4-3-11(19)8-12(14)22-23-24/h2-8H,9H2,1H3,(H2,20,21,25,26). The molecule has 1 saturated heterocycles. The molecule has 0 radical (unpaired) electrons. The van der Waals surface area contributed by atoms with E-state index in [1.54, 1.807) is 41.1 Å². The van der Waals surface area contributed by atoms with E-state index in [1.165, 1.54) is 7.11 Å². The van der Waals surface area contributed by atoms with Gasteiger partial charge in [0, 0.05) is 5.02 Å². The molecule has 2 aromatic carbocycles. The number of aromatic nitrogens is 3. The van der Waals surface area contributed by atoms with Gasteiger partial charge in [0.05, 0.1) is 12.6 Å². The summed E-state index contributed by atoms with van der Waals surface area (Å²) in [4.78, 5) is 22.8. The predicted octanol–water partition coefficient (Wildman–Crippen LogP) is 2.31. The molecule has 0 aliphatic carbocycles. The van der Waals surface area contributed by atoms with Crippen LogP contribution in [0.3, 0.4) is 0 Å². The highest BCUT2D eigenvalue weighted by atomic mass is 35.5. The van der Waals surface area contributed by atoms with Crippen molar-refractivity contribution in [2.45, 2.75) is 6.73 Å². The number of methoxy groups -OCH3 is 1. The first-order valence-electron chi connectivity index (χ1n) is 8.17. The lowest BCUT2D eigenvalue weighted by Crippen LogP contribution is -2.22. The molecule has 3 aromatic rings. The maximum absolute atomic E-state index is 11.6. The Balaban J connectivity index is 1.54. The zero-order valence-electron chi connectivity index (χ0n) is 14.6. The maximum Gasteiger partial charge on any atom is 0.326 e. The molecule has 28 heavy (non-hydrogen) atoms. The van der Waals surface area contributed by atoms with Crippen molar-refractivity contribution in [3.8, 4) is 11.5 Å². The third kappa shape index (κ3) is 3.47. The highest BCUT2D eigenvalue weighted by Crippen LogP contribution is 2.29. The number of carbonyl (C=O) groups excluding carboxylic acids is 2. The van der Waals surface area contributed by atoms with Gasteiger partial charge in [-0.05, 0) is 42.0 Å². The first kappa shape index (κ1) is 17.8. The van der Waals surface area contributed by atoms with Crippen molar-refractivity contribution in [1.82, 2.24) is 25.6 Å². The Labute approximate surface area is 163 Å². The molecule has 142 valence electrons. The van der Waals surface area contributed by atoms with Crippen LogP contribution < -0.4 is 20.1 Å². The number of benzene rings is 2. The van der Waals surface area contributed by atoms with Crippen LogP contribution in [0.25, 0.3) is 17.1 Å². The fourth-order valence-electron chi connectivity index (χ4n) is 2.71. The number of carbonyl (C=O) groups is 2. The second-order valence-corrected chi connectivity index (χ2v) is 6.31. The van der Waals surface area contributed by atoms with Crippen LogP contribution in [-0.4, -0.2) is 34.0 Å². The Morgan fingerprint density at radius 1 is 1.14 bits per heavy atom. The summed E-state index contributed by atoms with van der Waals surface area (Å²) in [6.07, 6.45) is 1.54. The van der Waals surface area contributed by atoms with Crippen molar-refractivity contribution in [2.75, 3.05) is 7.11 Å². The van der Waals surface area contributed by atoms with Gasteiger partial charge in [0.1, 0.15) is 11.2 Å². The number of hydrogen-bond acceptors (Lipinski definition) is 6. The Bertz CT molecular complexity index is 1120. The Morgan fingerprint density at radius 3 is 2.75 bits per heavy atom. The molecule has 0 spiro atoms. The van der Waals surface area contributed by atoms with Crippen LogP contribution in [0.1, 0.15) is 5.56 Å². The molecule has 4 rings (SSSR count). The lowest BCUT2D eigenvalue weighted by atomic mass is 10.1. The average molecular weight is 400 g/mol. The molecule has 0 saturated carbocycles. The zero-order valence-corrected chi connectivity index (χ0v) is 15.4. The summed E-state index contributed by atoms with van der Waals surface area (Å²) in [5.74, 6) is 0.469. The fourth-order valence-corrected chi connectivity index (χ4v) is 2.88. The summed E-state index contributed by atoms with van der Waals surface area (Å²) in [5.41, 5.74) is 2.28. The molecule has 1 aromatic heterocycles. The molecule has 3 amide bonds. The first-order valence-corrected chi connectivity index (χ1v) is 8.55. The number of nitrogens with one attached hydrogen (secondary N) is 2. The number of ether oxygens (including phenoxy) is 2. The van der Waals surface area contributed by atoms with Crippen LogP contribution in [-0.2, 0) is 11.5 Å². The Kier molecular flexibility index (Phi) is 4.58. The molecule has 2 N–H and O–H groups in total. The number of halogens is 1. The summed E-state index contributed by atoms with van der Waals surface area (Å²) < 4.78 is 12.8. The number of hydrogen-bond donors (Lipinski definition) is 2. The Morgan fingerprint density at radius 2 is 2.00 bits per heavy atom. The van der Waals surface area contributed by atoms with Crippen molar-refractivity contribution in [3.05, 3.63) is 52.7 Å². The zero-order chi connectivity index (χ0) is 19.7. The van der Waals surface area contributed by atoms with Crippen LogP contribution in [0.4, 0.5) is 4.79 Å². The third-order valence-electron chi connectivity index (χ3n) is 4.04. The number of urea groups is 1. The van der Waals surface area contributed by atoms with Crippen LogP contribution in [0.15, 0.2) is 42.1 Å². The van der Waals surface area contributed by atoms with Gasteiger partial charge in [0.25, 0.3) is 5.91 Å². The van der Waals surface area contributed by atoms with Gasteiger partial charge < -0.3 is 14.8 Å². The SMILES string of the molecule is COc1cc(C=C2NC(=O)NC2=O)ccc1OCn1nnc2cc(Cl)ccc21. The van der Waals surface area contributed by atoms with Crippen LogP contribution in [0, 0.1) is 0 Å². The van der Waals surface area contributed by atoms with E-state index < -0.39 is 11.9 Å². The van der Waals surface area contributed by atoms with E-state index in [9.17, 15) is 9.59 Å². The highest BCUT2D eigenvalue weighted by Gasteiger charge is 2.22. The second kappa shape index (κ2) is 7.20. The number of rotatable bonds is 5. The van der Waals surface area contributed by atoms with Gasteiger partial charge in [-0.25, -0.2) is 9.48 Å². The lowest BCUT2D eigenvalue weighted by molar-refractivity contribution is -0.115. The molecule has 1 fully saturated rings. The largest absolute Gasteiger partial charge is 0.493 e. The summed E-state index contributed by atoms with van der Waals surface area (Å²) in [6, 6.07) is 9.88. The van der Waals surface area contributed by atoms with Crippen molar-refractivity contribution >= 4 is 40.6 Å². The molecule has 1 aliphatic heterocycles. The van der Waals surface area contributed by atoms with Gasteiger partial charge in [-0.1, -0.05) is 22.9 Å². The monoisotopic (exact) mass is 399 g/mol. The topological polar surface area (TPSA) is 107 Å². The highest BCUT2D eigenvalue weighted by molar-refractivity contribution is 6.31. The first-order chi connectivity index (χ1) is 13.5. The molecule has 0 atom stereocenters. The minimum Gasteiger partial charge on any atom is -0.493 e. The summed E-state index contributed by atoms with van der Waals surface area (Å²) >= 11 is 5.96. The summed E-state index contributed by atoms with van der Waals surface area (Å²) in [5, 5.41) is 13.3. The molecule has 0 unspecified atom stereocenters. The Hall–Kier alpha value is -3.59. The van der Waals surface area contributed by atoms with Gasteiger partial charge in [-0.2, -0.15) is 0 Å². The molecular weight excluding hydrogens is 386 g/mol. The van der Waals surface area contributed by atoms with E-state index >= 15 is 0 Å². The van der Waals surface area contributed by atoms with Gasteiger partial charge in [0.2, 0.25) is 0 Å². The quantitative estimate of drug-likeness (QED) is 0.503.